The van der Waals surface area contributed by atoms with Crippen molar-refractivity contribution in [2.75, 3.05) is 5.75 Å². The van der Waals surface area contributed by atoms with Crippen LogP contribution in [-0.4, -0.2) is 16.7 Å². The van der Waals surface area contributed by atoms with Crippen LogP contribution in [0.2, 0.25) is 0 Å². The van der Waals surface area contributed by atoms with E-state index >= 15 is 0 Å². The molecule has 0 radical (unpaired) electrons. The van der Waals surface area contributed by atoms with Crippen LogP contribution in [0.1, 0.15) is 11.1 Å². The summed E-state index contributed by atoms with van der Waals surface area (Å²) >= 11 is 1.19. The number of hydrogen-bond donors (Lipinski definition) is 0. The van der Waals surface area contributed by atoms with Crippen molar-refractivity contribution in [1.29, 1.82) is 5.26 Å². The molecule has 0 saturated heterocycles. The number of aromatic nitrogens is 1. The van der Waals surface area contributed by atoms with Crippen LogP contribution >= 0.6 is 11.8 Å². The molecule has 0 aliphatic carbocycles. The Morgan fingerprint density at radius 1 is 1.03 bits per heavy atom. The predicted octanol–water partition coefficient (Wildman–Crippen LogP) is 5.72. The monoisotopic (exact) mass is 426 g/mol. The molecule has 0 unspecified atom stereocenters. The average molecular weight is 426 g/mol. The fourth-order valence-electron chi connectivity index (χ4n) is 3.02. The van der Waals surface area contributed by atoms with Gasteiger partial charge in [-0.1, -0.05) is 72.4 Å². The third-order valence-electron chi connectivity index (χ3n) is 4.52. The van der Waals surface area contributed by atoms with Gasteiger partial charge >= 0.3 is 5.97 Å². The first kappa shape index (κ1) is 20.5. The zero-order chi connectivity index (χ0) is 21.5. The highest BCUT2D eigenvalue weighted by Crippen LogP contribution is 2.34. The summed E-state index contributed by atoms with van der Waals surface area (Å²) in [6, 6.07) is 26.8. The first-order valence-corrected chi connectivity index (χ1v) is 10.6. The standard InChI is InChI=1S/C25H18N2O3S/c26-15-21-20(23-12-7-13-29-23)14-22(19-10-5-2-6-11-19)27-25(21)31-17-24(28)30-16-18-8-3-1-4-9-18/h1-14H,16-17H2. The summed E-state index contributed by atoms with van der Waals surface area (Å²) in [6.45, 7) is 0.209. The molecule has 0 N–H and O–H groups in total. The number of nitrogens with zero attached hydrogens (tertiary/aromatic N) is 2. The Morgan fingerprint density at radius 2 is 1.77 bits per heavy atom. The zero-order valence-electron chi connectivity index (χ0n) is 16.5. The number of esters is 1. The first-order chi connectivity index (χ1) is 15.2. The summed E-state index contributed by atoms with van der Waals surface area (Å²) in [5.41, 5.74) is 3.54. The van der Waals surface area contributed by atoms with Gasteiger partial charge in [-0.15, -0.1) is 0 Å². The molecule has 2 heterocycles. The molecule has 0 aliphatic rings. The molecule has 0 saturated carbocycles. The van der Waals surface area contributed by atoms with Crippen LogP contribution in [0.15, 0.2) is 94.6 Å². The van der Waals surface area contributed by atoms with Crippen LogP contribution in [0.5, 0.6) is 0 Å². The van der Waals surface area contributed by atoms with Crippen LogP contribution in [0.25, 0.3) is 22.6 Å². The number of rotatable bonds is 7. The van der Waals surface area contributed by atoms with Gasteiger partial charge in [-0.05, 0) is 23.8 Å². The minimum atomic E-state index is -0.371. The van der Waals surface area contributed by atoms with E-state index in [0.717, 1.165) is 11.1 Å². The molecule has 4 rings (SSSR count). The van der Waals surface area contributed by atoms with Crippen molar-refractivity contribution in [2.24, 2.45) is 0 Å². The maximum Gasteiger partial charge on any atom is 0.316 e. The number of benzene rings is 2. The van der Waals surface area contributed by atoms with E-state index in [0.29, 0.717) is 27.6 Å². The highest BCUT2D eigenvalue weighted by Gasteiger charge is 2.18. The lowest BCUT2D eigenvalue weighted by atomic mass is 10.0. The highest BCUT2D eigenvalue weighted by molar-refractivity contribution is 7.99. The van der Waals surface area contributed by atoms with E-state index in [2.05, 4.69) is 11.1 Å². The summed E-state index contributed by atoms with van der Waals surface area (Å²) in [5, 5.41) is 10.3. The summed E-state index contributed by atoms with van der Waals surface area (Å²) in [6.07, 6.45) is 1.56. The van der Waals surface area contributed by atoms with Gasteiger partial charge in [0.1, 0.15) is 23.5 Å². The van der Waals surface area contributed by atoms with Crippen molar-refractivity contribution in [1.82, 2.24) is 4.98 Å². The lowest BCUT2D eigenvalue weighted by Crippen LogP contribution is -2.08. The van der Waals surface area contributed by atoms with Crippen molar-refractivity contribution >= 4 is 17.7 Å². The van der Waals surface area contributed by atoms with E-state index in [1.807, 2.05) is 66.7 Å². The molecule has 152 valence electrons. The Morgan fingerprint density at radius 3 is 2.45 bits per heavy atom. The number of carbonyl (C=O) groups is 1. The van der Waals surface area contributed by atoms with Gasteiger partial charge in [-0.25, -0.2) is 4.98 Å². The Labute approximate surface area is 184 Å². The van der Waals surface area contributed by atoms with Gasteiger partial charge in [-0.2, -0.15) is 5.26 Å². The van der Waals surface area contributed by atoms with E-state index in [4.69, 9.17) is 9.15 Å². The van der Waals surface area contributed by atoms with Gasteiger partial charge < -0.3 is 9.15 Å². The number of thioether (sulfide) groups is 1. The van der Waals surface area contributed by atoms with Crippen LogP contribution in [0, 0.1) is 11.3 Å². The van der Waals surface area contributed by atoms with Gasteiger partial charge in [0.05, 0.1) is 23.3 Å². The Bertz CT molecular complexity index is 1200. The van der Waals surface area contributed by atoms with Gasteiger partial charge in [0.15, 0.2) is 0 Å². The summed E-state index contributed by atoms with van der Waals surface area (Å²) < 4.78 is 10.9. The Balaban J connectivity index is 1.59. The smallest absolute Gasteiger partial charge is 0.316 e. The highest BCUT2D eigenvalue weighted by atomic mass is 32.2. The van der Waals surface area contributed by atoms with Crippen LogP contribution in [0.4, 0.5) is 0 Å². The minimum Gasteiger partial charge on any atom is -0.464 e. The van der Waals surface area contributed by atoms with Gasteiger partial charge in [0.2, 0.25) is 0 Å². The summed E-state index contributed by atoms with van der Waals surface area (Å²) in [5.74, 6) is 0.249. The van der Waals surface area contributed by atoms with Crippen molar-refractivity contribution in [3.05, 3.63) is 96.3 Å². The lowest BCUT2D eigenvalue weighted by molar-refractivity contribution is -0.141. The molecule has 4 aromatic rings. The second-order valence-electron chi connectivity index (χ2n) is 6.63. The SMILES string of the molecule is N#Cc1c(-c2ccco2)cc(-c2ccccc2)nc1SCC(=O)OCc1ccccc1. The predicted molar refractivity (Wildman–Crippen MR) is 119 cm³/mol. The minimum absolute atomic E-state index is 0.0460. The molecule has 5 nitrogen and oxygen atoms in total. The third-order valence-corrected chi connectivity index (χ3v) is 5.47. The molecule has 31 heavy (non-hydrogen) atoms. The number of pyridine rings is 1. The maximum absolute atomic E-state index is 12.3. The Hall–Kier alpha value is -3.82. The molecule has 0 bridgehead atoms. The third kappa shape index (κ3) is 5.03. The number of ether oxygens (including phenoxy) is 1. The van der Waals surface area contributed by atoms with E-state index < -0.39 is 0 Å². The quantitative estimate of drug-likeness (QED) is 0.278. The largest absolute Gasteiger partial charge is 0.464 e. The van der Waals surface area contributed by atoms with Gasteiger partial charge in [0, 0.05) is 11.1 Å². The van der Waals surface area contributed by atoms with E-state index in [1.54, 1.807) is 18.4 Å². The average Bonchev–Trinajstić information content (AvgIpc) is 3.37. The van der Waals surface area contributed by atoms with E-state index in [-0.39, 0.29) is 18.3 Å². The van der Waals surface area contributed by atoms with Crippen molar-refractivity contribution in [3.63, 3.8) is 0 Å². The van der Waals surface area contributed by atoms with Crippen molar-refractivity contribution in [3.8, 4) is 28.7 Å². The molecule has 0 spiro atoms. The number of carbonyl (C=O) groups excluding carboxylic acids is 1. The second-order valence-corrected chi connectivity index (χ2v) is 7.59. The van der Waals surface area contributed by atoms with Crippen molar-refractivity contribution in [2.45, 2.75) is 11.6 Å². The molecule has 0 atom stereocenters. The fourth-order valence-corrected chi connectivity index (χ4v) is 3.82. The molecule has 0 fully saturated rings. The summed E-state index contributed by atoms with van der Waals surface area (Å²) in [7, 11) is 0. The number of furan rings is 1. The molecule has 0 aliphatic heterocycles. The molecule has 0 amide bonds. The molecular formula is C25H18N2O3S. The molecule has 6 heteroatoms. The number of hydrogen-bond acceptors (Lipinski definition) is 6. The second kappa shape index (κ2) is 9.79. The van der Waals surface area contributed by atoms with E-state index in [1.165, 1.54) is 11.8 Å². The Kier molecular flexibility index (Phi) is 6.46. The molecule has 2 aromatic heterocycles. The maximum atomic E-state index is 12.3. The first-order valence-electron chi connectivity index (χ1n) is 9.61. The normalized spacial score (nSPS) is 10.4. The topological polar surface area (TPSA) is 76.1 Å². The van der Waals surface area contributed by atoms with Gasteiger partial charge in [-0.3, -0.25) is 4.79 Å². The lowest BCUT2D eigenvalue weighted by Gasteiger charge is -2.11. The molecule has 2 aromatic carbocycles. The van der Waals surface area contributed by atoms with Gasteiger partial charge in [0.25, 0.3) is 0 Å². The van der Waals surface area contributed by atoms with E-state index in [9.17, 15) is 10.1 Å². The molecular weight excluding hydrogens is 408 g/mol. The summed E-state index contributed by atoms with van der Waals surface area (Å²) in [4.78, 5) is 17.0. The van der Waals surface area contributed by atoms with Crippen LogP contribution < -0.4 is 0 Å². The van der Waals surface area contributed by atoms with Crippen molar-refractivity contribution < 1.29 is 13.9 Å². The number of nitriles is 1. The van der Waals surface area contributed by atoms with Crippen LogP contribution in [-0.2, 0) is 16.1 Å². The van der Waals surface area contributed by atoms with Crippen LogP contribution in [0.3, 0.4) is 0 Å². The fraction of sp³-hybridized carbons (Fsp3) is 0.0800. The zero-order valence-corrected chi connectivity index (χ0v) is 17.3.